The van der Waals surface area contributed by atoms with Crippen LogP contribution in [0, 0.1) is 19.3 Å². The Kier molecular flexibility index (Phi) is 5.38. The molecule has 0 atom stereocenters. The van der Waals surface area contributed by atoms with Gasteiger partial charge in [0, 0.05) is 18.7 Å². The number of halogens is 1. The lowest BCUT2D eigenvalue weighted by Gasteiger charge is -2.25. The van der Waals surface area contributed by atoms with Gasteiger partial charge in [-0.25, -0.2) is 0 Å². The van der Waals surface area contributed by atoms with Gasteiger partial charge in [0.15, 0.2) is 0 Å². The third kappa shape index (κ3) is 3.09. The first-order valence-electron chi connectivity index (χ1n) is 6.49. The van der Waals surface area contributed by atoms with Crippen molar-refractivity contribution in [3.8, 4) is 0 Å². The van der Waals surface area contributed by atoms with Gasteiger partial charge in [0.05, 0.1) is 11.1 Å². The highest BCUT2D eigenvalue weighted by atomic mass is 35.5. The Balaban J connectivity index is 0.00000180. The van der Waals surface area contributed by atoms with Crippen LogP contribution in [-0.4, -0.2) is 17.6 Å². The molecule has 1 aliphatic carbocycles. The van der Waals surface area contributed by atoms with E-state index in [4.69, 9.17) is 10.3 Å². The lowest BCUT2D eigenvalue weighted by atomic mass is 9.85. The molecule has 1 heterocycles. The fourth-order valence-corrected chi connectivity index (χ4v) is 2.69. The number of carbonyl (C=O) groups is 1. The third-order valence-corrected chi connectivity index (χ3v) is 4.04. The van der Waals surface area contributed by atoms with Crippen molar-refractivity contribution < 1.29 is 9.32 Å². The second-order valence-electron chi connectivity index (χ2n) is 5.18. The number of hydrogen-bond donors (Lipinski definition) is 2. The topological polar surface area (TPSA) is 81.2 Å². The number of nitrogens with two attached hydrogens (primary N) is 1. The maximum atomic E-state index is 12.3. The summed E-state index contributed by atoms with van der Waals surface area (Å²) >= 11 is 0. The van der Waals surface area contributed by atoms with E-state index in [2.05, 4.69) is 10.5 Å². The maximum absolute atomic E-state index is 12.3. The van der Waals surface area contributed by atoms with E-state index in [0.717, 1.165) is 42.7 Å². The summed E-state index contributed by atoms with van der Waals surface area (Å²) in [5, 5.41) is 6.86. The molecule has 1 saturated carbocycles. The second-order valence-corrected chi connectivity index (χ2v) is 5.18. The number of hydrogen-bond acceptors (Lipinski definition) is 4. The molecular weight excluding hydrogens is 266 g/mol. The number of rotatable bonds is 4. The Labute approximate surface area is 119 Å². The first kappa shape index (κ1) is 16.0. The normalized spacial score (nSPS) is 17.0. The lowest BCUT2D eigenvalue weighted by molar-refractivity contribution is -0.130. The molecule has 3 N–H and O–H groups in total. The summed E-state index contributed by atoms with van der Waals surface area (Å²) in [5.41, 5.74) is 7.24. The summed E-state index contributed by atoms with van der Waals surface area (Å²) in [6.07, 6.45) is 3.99. The highest BCUT2D eigenvalue weighted by molar-refractivity contribution is 5.85. The van der Waals surface area contributed by atoms with Crippen molar-refractivity contribution >= 4 is 18.3 Å². The predicted octanol–water partition coefficient (Wildman–Crippen LogP) is 1.85. The zero-order chi connectivity index (χ0) is 13.2. The van der Waals surface area contributed by atoms with Crippen molar-refractivity contribution in [2.75, 3.05) is 6.54 Å². The monoisotopic (exact) mass is 287 g/mol. The Hall–Kier alpha value is -1.07. The van der Waals surface area contributed by atoms with Gasteiger partial charge in [-0.3, -0.25) is 4.79 Å². The summed E-state index contributed by atoms with van der Waals surface area (Å²) in [6, 6.07) is 0. The number of carbonyl (C=O) groups excluding carboxylic acids is 1. The maximum Gasteiger partial charge on any atom is 0.227 e. The van der Waals surface area contributed by atoms with Crippen molar-refractivity contribution in [1.82, 2.24) is 10.5 Å². The number of nitrogens with zero attached hydrogens (tertiary/aromatic N) is 1. The Morgan fingerprint density at radius 1 is 1.42 bits per heavy atom. The molecule has 0 aromatic carbocycles. The smallest absolute Gasteiger partial charge is 0.227 e. The largest absolute Gasteiger partial charge is 0.361 e. The van der Waals surface area contributed by atoms with Crippen LogP contribution in [0.25, 0.3) is 0 Å². The summed E-state index contributed by atoms with van der Waals surface area (Å²) in [6.45, 7) is 4.64. The van der Waals surface area contributed by atoms with Crippen LogP contribution in [0.5, 0.6) is 0 Å². The molecule has 19 heavy (non-hydrogen) atoms. The molecule has 0 saturated heterocycles. The zero-order valence-corrected chi connectivity index (χ0v) is 12.3. The second kappa shape index (κ2) is 6.39. The van der Waals surface area contributed by atoms with Crippen LogP contribution in [0.3, 0.4) is 0 Å². The summed E-state index contributed by atoms with van der Waals surface area (Å²) in [7, 11) is 0. The highest BCUT2D eigenvalue weighted by Gasteiger charge is 2.39. The standard InChI is InChI=1S/C13H21N3O2.ClH/c1-9-11(10(2)18-16-9)7-15-12(17)13(8-14)5-3-4-6-13;/h3-8,14H2,1-2H3,(H,15,17);1H. The van der Waals surface area contributed by atoms with Crippen molar-refractivity contribution in [3.63, 3.8) is 0 Å². The van der Waals surface area contributed by atoms with Crippen LogP contribution in [0.4, 0.5) is 0 Å². The van der Waals surface area contributed by atoms with E-state index in [1.165, 1.54) is 0 Å². The Bertz CT molecular complexity index is 420. The van der Waals surface area contributed by atoms with Crippen molar-refractivity contribution in [2.24, 2.45) is 11.1 Å². The molecule has 1 aliphatic rings. The number of aryl methyl sites for hydroxylation is 2. The highest BCUT2D eigenvalue weighted by Crippen LogP contribution is 2.37. The van der Waals surface area contributed by atoms with E-state index in [1.54, 1.807) is 0 Å². The molecule has 1 amide bonds. The molecule has 5 nitrogen and oxygen atoms in total. The Morgan fingerprint density at radius 2 is 2.05 bits per heavy atom. The lowest BCUT2D eigenvalue weighted by Crippen LogP contribution is -2.43. The van der Waals surface area contributed by atoms with E-state index in [0.29, 0.717) is 13.1 Å². The molecule has 0 unspecified atom stereocenters. The Morgan fingerprint density at radius 3 is 2.53 bits per heavy atom. The number of amides is 1. The van der Waals surface area contributed by atoms with Crippen molar-refractivity contribution in [3.05, 3.63) is 17.0 Å². The quantitative estimate of drug-likeness (QED) is 0.885. The number of nitrogens with one attached hydrogen (secondary N) is 1. The molecule has 2 rings (SSSR count). The van der Waals surface area contributed by atoms with Gasteiger partial charge in [-0.05, 0) is 26.7 Å². The molecule has 0 radical (unpaired) electrons. The molecule has 1 fully saturated rings. The minimum absolute atomic E-state index is 0. The van der Waals surface area contributed by atoms with Crippen molar-refractivity contribution in [2.45, 2.75) is 46.1 Å². The van der Waals surface area contributed by atoms with Gasteiger partial charge in [-0.2, -0.15) is 0 Å². The summed E-state index contributed by atoms with van der Waals surface area (Å²) in [5.74, 6) is 0.837. The molecule has 0 aliphatic heterocycles. The first-order chi connectivity index (χ1) is 8.59. The third-order valence-electron chi connectivity index (χ3n) is 4.04. The molecule has 108 valence electrons. The number of aromatic nitrogens is 1. The van der Waals surface area contributed by atoms with Gasteiger partial charge >= 0.3 is 0 Å². The minimum Gasteiger partial charge on any atom is -0.361 e. The fourth-order valence-electron chi connectivity index (χ4n) is 2.69. The fraction of sp³-hybridized carbons (Fsp3) is 0.692. The van der Waals surface area contributed by atoms with Crippen LogP contribution in [0.2, 0.25) is 0 Å². The SMILES string of the molecule is Cc1noc(C)c1CNC(=O)C1(CN)CCCC1.Cl. The van der Waals surface area contributed by atoms with E-state index >= 15 is 0 Å². The van der Waals surface area contributed by atoms with Gasteiger partial charge in [-0.1, -0.05) is 18.0 Å². The van der Waals surface area contributed by atoms with E-state index in [9.17, 15) is 4.79 Å². The minimum atomic E-state index is -0.348. The molecule has 0 spiro atoms. The van der Waals surface area contributed by atoms with Crippen LogP contribution < -0.4 is 11.1 Å². The summed E-state index contributed by atoms with van der Waals surface area (Å²) < 4.78 is 5.08. The van der Waals surface area contributed by atoms with Gasteiger partial charge in [-0.15, -0.1) is 12.4 Å². The van der Waals surface area contributed by atoms with E-state index in [-0.39, 0.29) is 23.7 Å². The van der Waals surface area contributed by atoms with Crippen molar-refractivity contribution in [1.29, 1.82) is 0 Å². The van der Waals surface area contributed by atoms with E-state index < -0.39 is 0 Å². The van der Waals surface area contributed by atoms with E-state index in [1.807, 2.05) is 13.8 Å². The van der Waals surface area contributed by atoms with Crippen LogP contribution in [-0.2, 0) is 11.3 Å². The average molecular weight is 288 g/mol. The molecule has 0 bridgehead atoms. The first-order valence-corrected chi connectivity index (χ1v) is 6.49. The molecule has 1 aromatic heterocycles. The molecule has 6 heteroatoms. The van der Waals surface area contributed by atoms with Crippen LogP contribution >= 0.6 is 12.4 Å². The van der Waals surface area contributed by atoms with Gasteiger partial charge in [0.1, 0.15) is 5.76 Å². The van der Waals surface area contributed by atoms with Gasteiger partial charge in [0.2, 0.25) is 5.91 Å². The summed E-state index contributed by atoms with van der Waals surface area (Å²) in [4.78, 5) is 12.3. The average Bonchev–Trinajstić information content (AvgIpc) is 2.96. The molecular formula is C13H22ClN3O2. The van der Waals surface area contributed by atoms with Crippen LogP contribution in [0.15, 0.2) is 4.52 Å². The van der Waals surface area contributed by atoms with Gasteiger partial charge < -0.3 is 15.6 Å². The van der Waals surface area contributed by atoms with Crippen LogP contribution in [0.1, 0.15) is 42.7 Å². The zero-order valence-electron chi connectivity index (χ0n) is 11.5. The molecule has 1 aromatic rings. The predicted molar refractivity (Wildman–Crippen MR) is 75.0 cm³/mol. The van der Waals surface area contributed by atoms with Gasteiger partial charge in [0.25, 0.3) is 0 Å².